The molecule has 4 heteroatoms. The maximum Gasteiger partial charge on any atom is 0.198 e. The van der Waals surface area contributed by atoms with Crippen LogP contribution < -0.4 is 0 Å². The van der Waals surface area contributed by atoms with E-state index in [0.717, 1.165) is 0 Å². The molecule has 0 aromatic carbocycles. The molecule has 0 aliphatic carbocycles. The Bertz CT molecular complexity index is 116. The van der Waals surface area contributed by atoms with E-state index in [2.05, 4.69) is 6.58 Å². The summed E-state index contributed by atoms with van der Waals surface area (Å²) in [6, 6.07) is 0. The van der Waals surface area contributed by atoms with Crippen LogP contribution >= 0.6 is 0 Å². The molecular weight excluding hydrogens is 160 g/mol. The van der Waals surface area contributed by atoms with Crippen molar-refractivity contribution in [1.29, 1.82) is 0 Å². The molecule has 0 saturated heterocycles. The van der Waals surface area contributed by atoms with E-state index >= 15 is 0 Å². The van der Waals surface area contributed by atoms with Gasteiger partial charge in [0.15, 0.2) is 12.6 Å². The molecule has 0 aromatic rings. The van der Waals surface area contributed by atoms with Gasteiger partial charge in [-0.3, -0.25) is 0 Å². The first-order valence-electron chi connectivity index (χ1n) is 3.85. The van der Waals surface area contributed by atoms with Crippen molar-refractivity contribution in [3.63, 3.8) is 0 Å². The van der Waals surface area contributed by atoms with Crippen LogP contribution in [0.4, 0.5) is 0 Å². The fourth-order valence-electron chi connectivity index (χ4n) is 0.695. The summed E-state index contributed by atoms with van der Waals surface area (Å²) in [5, 5.41) is 8.42. The van der Waals surface area contributed by atoms with Gasteiger partial charge in [-0.1, -0.05) is 6.58 Å². The van der Waals surface area contributed by atoms with Crippen molar-refractivity contribution in [2.75, 3.05) is 13.2 Å². The van der Waals surface area contributed by atoms with E-state index in [1.165, 1.54) is 6.26 Å². The highest BCUT2D eigenvalue weighted by atomic mass is 16.8. The van der Waals surface area contributed by atoms with Crippen LogP contribution in [0.25, 0.3) is 0 Å². The summed E-state index contributed by atoms with van der Waals surface area (Å²) in [4.78, 5) is 0. The SMILES string of the molecule is C=COC(C)OC(C)OCCO. The van der Waals surface area contributed by atoms with Gasteiger partial charge in [-0.05, 0) is 13.8 Å². The van der Waals surface area contributed by atoms with Crippen LogP contribution in [-0.4, -0.2) is 30.9 Å². The highest BCUT2D eigenvalue weighted by molar-refractivity contribution is 4.49. The van der Waals surface area contributed by atoms with Crippen LogP contribution in [0.2, 0.25) is 0 Å². The van der Waals surface area contributed by atoms with Gasteiger partial charge in [0.05, 0.1) is 19.5 Å². The van der Waals surface area contributed by atoms with Crippen LogP contribution in [0.15, 0.2) is 12.8 Å². The minimum Gasteiger partial charge on any atom is -0.473 e. The van der Waals surface area contributed by atoms with Crippen molar-refractivity contribution in [2.45, 2.75) is 26.4 Å². The molecule has 0 saturated carbocycles. The average Bonchev–Trinajstić information content (AvgIpc) is 2.01. The number of ether oxygens (including phenoxy) is 3. The molecule has 0 aromatic heterocycles. The predicted molar refractivity (Wildman–Crippen MR) is 44.3 cm³/mol. The van der Waals surface area contributed by atoms with Crippen molar-refractivity contribution in [2.24, 2.45) is 0 Å². The van der Waals surface area contributed by atoms with E-state index in [0.29, 0.717) is 0 Å². The zero-order valence-corrected chi connectivity index (χ0v) is 7.53. The third-order valence-electron chi connectivity index (χ3n) is 1.11. The normalized spacial score (nSPS) is 15.2. The quantitative estimate of drug-likeness (QED) is 0.461. The Morgan fingerprint density at radius 2 is 2.08 bits per heavy atom. The van der Waals surface area contributed by atoms with Gasteiger partial charge in [0, 0.05) is 0 Å². The Labute approximate surface area is 72.7 Å². The van der Waals surface area contributed by atoms with Gasteiger partial charge in [-0.2, -0.15) is 0 Å². The molecule has 0 aliphatic rings. The molecule has 1 N–H and O–H groups in total. The summed E-state index contributed by atoms with van der Waals surface area (Å²) in [5.74, 6) is 0. The molecule has 0 amide bonds. The molecule has 0 radical (unpaired) electrons. The molecule has 0 heterocycles. The molecule has 0 spiro atoms. The smallest absolute Gasteiger partial charge is 0.198 e. The third kappa shape index (κ3) is 6.15. The minimum atomic E-state index is -0.382. The van der Waals surface area contributed by atoms with Crippen LogP contribution in [0.1, 0.15) is 13.8 Å². The molecule has 0 rings (SSSR count). The highest BCUT2D eigenvalue weighted by Crippen LogP contribution is 2.00. The lowest BCUT2D eigenvalue weighted by molar-refractivity contribution is -0.217. The van der Waals surface area contributed by atoms with E-state index in [9.17, 15) is 0 Å². The van der Waals surface area contributed by atoms with Crippen molar-refractivity contribution < 1.29 is 19.3 Å². The molecule has 0 fully saturated rings. The van der Waals surface area contributed by atoms with E-state index in [4.69, 9.17) is 19.3 Å². The number of hydrogen-bond donors (Lipinski definition) is 1. The van der Waals surface area contributed by atoms with Crippen LogP contribution in [0.3, 0.4) is 0 Å². The van der Waals surface area contributed by atoms with Crippen LogP contribution in [0, 0.1) is 0 Å². The summed E-state index contributed by atoms with van der Waals surface area (Å²) >= 11 is 0. The van der Waals surface area contributed by atoms with E-state index in [-0.39, 0.29) is 25.8 Å². The van der Waals surface area contributed by atoms with Crippen molar-refractivity contribution in [1.82, 2.24) is 0 Å². The van der Waals surface area contributed by atoms with Crippen molar-refractivity contribution in [3.8, 4) is 0 Å². The second-order valence-electron chi connectivity index (χ2n) is 2.17. The second kappa shape index (κ2) is 7.09. The summed E-state index contributed by atoms with van der Waals surface area (Å²) < 4.78 is 15.1. The summed E-state index contributed by atoms with van der Waals surface area (Å²) in [6.45, 7) is 7.11. The first-order chi connectivity index (χ1) is 5.70. The molecular formula is C8H16O4. The molecule has 2 unspecified atom stereocenters. The lowest BCUT2D eigenvalue weighted by Gasteiger charge is -2.18. The molecule has 2 atom stereocenters. The lowest BCUT2D eigenvalue weighted by atomic mass is 10.6. The number of aliphatic hydroxyl groups excluding tert-OH is 1. The third-order valence-corrected chi connectivity index (χ3v) is 1.11. The first kappa shape index (κ1) is 11.4. The molecule has 0 bridgehead atoms. The second-order valence-corrected chi connectivity index (χ2v) is 2.17. The monoisotopic (exact) mass is 176 g/mol. The predicted octanol–water partition coefficient (Wildman–Crippen LogP) is 0.864. The van der Waals surface area contributed by atoms with Gasteiger partial charge in [-0.15, -0.1) is 0 Å². The van der Waals surface area contributed by atoms with Crippen molar-refractivity contribution in [3.05, 3.63) is 12.8 Å². The maximum absolute atomic E-state index is 8.42. The van der Waals surface area contributed by atoms with Crippen LogP contribution in [-0.2, 0) is 14.2 Å². The van der Waals surface area contributed by atoms with E-state index in [1.807, 2.05) is 0 Å². The minimum absolute atomic E-state index is 0.00953. The van der Waals surface area contributed by atoms with Crippen LogP contribution in [0.5, 0.6) is 0 Å². The Morgan fingerprint density at radius 3 is 2.58 bits per heavy atom. The summed E-state index contributed by atoms with van der Waals surface area (Å²) in [6.07, 6.45) is 0.548. The van der Waals surface area contributed by atoms with Gasteiger partial charge in [0.25, 0.3) is 0 Å². The highest BCUT2D eigenvalue weighted by Gasteiger charge is 2.07. The van der Waals surface area contributed by atoms with Gasteiger partial charge in [-0.25, -0.2) is 0 Å². The lowest BCUT2D eigenvalue weighted by Crippen LogP contribution is -2.22. The average molecular weight is 176 g/mol. The van der Waals surface area contributed by atoms with Gasteiger partial charge >= 0.3 is 0 Å². The number of aliphatic hydroxyl groups is 1. The Kier molecular flexibility index (Phi) is 6.75. The van der Waals surface area contributed by atoms with Crippen molar-refractivity contribution >= 4 is 0 Å². The largest absolute Gasteiger partial charge is 0.473 e. The summed E-state index contributed by atoms with van der Waals surface area (Å²) in [5.41, 5.74) is 0. The fraction of sp³-hybridized carbons (Fsp3) is 0.750. The van der Waals surface area contributed by atoms with E-state index in [1.54, 1.807) is 13.8 Å². The van der Waals surface area contributed by atoms with Gasteiger partial charge in [0.1, 0.15) is 0 Å². The first-order valence-corrected chi connectivity index (χ1v) is 3.85. The standard InChI is InChI=1S/C8H16O4/c1-4-10-7(2)12-8(3)11-6-5-9/h4,7-9H,1,5-6H2,2-3H3. The molecule has 12 heavy (non-hydrogen) atoms. The zero-order chi connectivity index (χ0) is 9.40. The number of hydrogen-bond acceptors (Lipinski definition) is 4. The molecule has 0 aliphatic heterocycles. The van der Waals surface area contributed by atoms with Gasteiger partial charge < -0.3 is 19.3 Å². The topological polar surface area (TPSA) is 47.9 Å². The Morgan fingerprint density at radius 1 is 1.42 bits per heavy atom. The van der Waals surface area contributed by atoms with Gasteiger partial charge in [0.2, 0.25) is 0 Å². The Hall–Kier alpha value is -0.580. The molecule has 4 nitrogen and oxygen atoms in total. The molecule has 72 valence electrons. The zero-order valence-electron chi connectivity index (χ0n) is 7.53. The Balaban J connectivity index is 3.39. The maximum atomic E-state index is 8.42. The number of rotatable bonds is 7. The summed E-state index contributed by atoms with van der Waals surface area (Å²) in [7, 11) is 0. The fourth-order valence-corrected chi connectivity index (χ4v) is 0.695. The van der Waals surface area contributed by atoms with E-state index < -0.39 is 0 Å².